The molecule has 0 spiro atoms. The molecule has 0 saturated carbocycles. The van der Waals surface area contributed by atoms with E-state index in [-0.39, 0.29) is 31.6 Å². The molecule has 8 nitrogen and oxygen atoms in total. The highest BCUT2D eigenvalue weighted by molar-refractivity contribution is 5.86. The van der Waals surface area contributed by atoms with E-state index in [2.05, 4.69) is 5.32 Å². The molecule has 0 aliphatic heterocycles. The van der Waals surface area contributed by atoms with Crippen LogP contribution < -0.4 is 5.32 Å². The lowest BCUT2D eigenvalue weighted by Crippen LogP contribution is -2.35. The third-order valence-corrected chi connectivity index (χ3v) is 3.73. The number of alkyl carbamates (subject to hydrolysis) is 1. The highest BCUT2D eigenvalue weighted by Crippen LogP contribution is 2.09. The lowest BCUT2D eigenvalue weighted by molar-refractivity contribution is -0.145. The summed E-state index contributed by atoms with van der Waals surface area (Å²) in [7, 11) is 0. The Bertz CT molecular complexity index is 499. The summed E-state index contributed by atoms with van der Waals surface area (Å²) in [5, 5.41) is 10.9. The third-order valence-electron chi connectivity index (χ3n) is 3.73. The molecule has 0 fully saturated rings. The molecular formula is C24H47NO7. The second kappa shape index (κ2) is 23.5. The zero-order chi connectivity index (χ0) is 25.4. The molecule has 32 heavy (non-hydrogen) atoms. The number of nitrogens with one attached hydrogen (secondary N) is 1. The Hall–Kier alpha value is -2.12. The molecular weight excluding hydrogens is 414 g/mol. The number of ketones is 1. The van der Waals surface area contributed by atoms with E-state index in [9.17, 15) is 19.2 Å². The molecule has 0 aromatic heterocycles. The Morgan fingerprint density at radius 1 is 0.750 bits per heavy atom. The number of ether oxygens (including phenoxy) is 2. The fraction of sp³-hybridized carbons (Fsp3) is 0.833. The fourth-order valence-electron chi connectivity index (χ4n) is 2.34. The van der Waals surface area contributed by atoms with Crippen LogP contribution in [-0.4, -0.2) is 47.7 Å². The average molecular weight is 462 g/mol. The largest absolute Gasteiger partial charge is 0.481 e. The number of carbonyl (C=O) groups excluding carboxylic acids is 3. The van der Waals surface area contributed by atoms with Gasteiger partial charge in [-0.25, -0.2) is 4.79 Å². The molecule has 1 amide bonds. The molecule has 0 unspecified atom stereocenters. The smallest absolute Gasteiger partial charge is 0.408 e. The van der Waals surface area contributed by atoms with Crippen LogP contribution in [0.1, 0.15) is 113 Å². The first-order chi connectivity index (χ1) is 15.1. The maximum absolute atomic E-state index is 11.7. The lowest BCUT2D eigenvalue weighted by Gasteiger charge is -2.19. The topological polar surface area (TPSA) is 119 Å². The van der Waals surface area contributed by atoms with Gasteiger partial charge >= 0.3 is 18.0 Å². The van der Waals surface area contributed by atoms with E-state index in [4.69, 9.17) is 14.6 Å². The van der Waals surface area contributed by atoms with Crippen LogP contribution in [0.4, 0.5) is 4.79 Å². The van der Waals surface area contributed by atoms with Gasteiger partial charge in [0, 0.05) is 12.8 Å². The number of Topliss-reactive ketones (excluding diaryl/α,β-unsaturated/α-hetero) is 1. The van der Waals surface area contributed by atoms with Crippen LogP contribution in [0.5, 0.6) is 0 Å². The molecule has 0 rings (SSSR count). The van der Waals surface area contributed by atoms with E-state index in [1.807, 2.05) is 27.7 Å². The Kier molecular flexibility index (Phi) is 25.4. The fourth-order valence-corrected chi connectivity index (χ4v) is 2.34. The summed E-state index contributed by atoms with van der Waals surface area (Å²) in [6.07, 6.45) is 6.06. The van der Waals surface area contributed by atoms with Crippen LogP contribution in [-0.2, 0) is 23.9 Å². The Morgan fingerprint density at radius 3 is 1.75 bits per heavy atom. The normalized spacial score (nSPS) is 9.97. The summed E-state index contributed by atoms with van der Waals surface area (Å²) >= 11 is 0. The summed E-state index contributed by atoms with van der Waals surface area (Å²) in [6.45, 7) is 13.4. The van der Waals surface area contributed by atoms with Gasteiger partial charge in [0.2, 0.25) is 0 Å². The van der Waals surface area contributed by atoms with Crippen molar-refractivity contribution in [2.75, 3.05) is 13.2 Å². The van der Waals surface area contributed by atoms with Gasteiger partial charge in [0.15, 0.2) is 5.78 Å². The minimum Gasteiger partial charge on any atom is -0.481 e. The van der Waals surface area contributed by atoms with Crippen LogP contribution >= 0.6 is 0 Å². The average Bonchev–Trinajstić information content (AvgIpc) is 2.73. The van der Waals surface area contributed by atoms with Crippen molar-refractivity contribution in [1.29, 1.82) is 0 Å². The van der Waals surface area contributed by atoms with E-state index in [1.165, 1.54) is 0 Å². The van der Waals surface area contributed by atoms with Crippen molar-refractivity contribution < 1.29 is 33.8 Å². The molecule has 0 aromatic rings. The van der Waals surface area contributed by atoms with Crippen molar-refractivity contribution in [2.45, 2.75) is 118 Å². The van der Waals surface area contributed by atoms with Gasteiger partial charge in [-0.05, 0) is 33.6 Å². The Balaban J connectivity index is -0.00000198. The van der Waals surface area contributed by atoms with Gasteiger partial charge in [-0.2, -0.15) is 0 Å². The second-order valence-corrected chi connectivity index (χ2v) is 7.73. The summed E-state index contributed by atoms with van der Waals surface area (Å²) < 4.78 is 10.1. The van der Waals surface area contributed by atoms with Crippen LogP contribution in [0, 0.1) is 0 Å². The minimum absolute atomic E-state index is 0.00158. The molecule has 2 N–H and O–H groups in total. The number of carboxylic acids is 1. The Labute approximate surface area is 194 Å². The molecule has 8 heteroatoms. The zero-order valence-electron chi connectivity index (χ0n) is 21.4. The summed E-state index contributed by atoms with van der Waals surface area (Å²) in [5.74, 6) is -1.42. The number of carbonyl (C=O) groups is 4. The van der Waals surface area contributed by atoms with Crippen LogP contribution in [0.3, 0.4) is 0 Å². The predicted octanol–water partition coefficient (Wildman–Crippen LogP) is 5.66. The van der Waals surface area contributed by atoms with Crippen molar-refractivity contribution in [3.63, 3.8) is 0 Å². The molecule has 0 aliphatic rings. The highest BCUT2D eigenvalue weighted by atomic mass is 16.6. The predicted molar refractivity (Wildman–Crippen MR) is 127 cm³/mol. The van der Waals surface area contributed by atoms with Crippen molar-refractivity contribution in [2.24, 2.45) is 0 Å². The summed E-state index contributed by atoms with van der Waals surface area (Å²) in [4.78, 5) is 45.1. The summed E-state index contributed by atoms with van der Waals surface area (Å²) in [6, 6.07) is 0. The number of amides is 1. The number of carboxylic acid groups (broad SMARTS) is 1. The molecule has 0 bridgehead atoms. The zero-order valence-corrected chi connectivity index (χ0v) is 21.4. The molecule has 0 atom stereocenters. The SMILES string of the molecule is CC.CC.CC(C)(C)OC(=O)NCC(=O)CCC(=O)OCCCCCCCCCC(=O)O. The van der Waals surface area contributed by atoms with Crippen molar-refractivity contribution >= 4 is 23.8 Å². The molecule has 190 valence electrons. The third kappa shape index (κ3) is 30.1. The van der Waals surface area contributed by atoms with Gasteiger partial charge in [0.05, 0.1) is 19.6 Å². The first kappa shape index (κ1) is 34.5. The first-order valence-electron chi connectivity index (χ1n) is 12.0. The van der Waals surface area contributed by atoms with Gasteiger partial charge in [-0.15, -0.1) is 0 Å². The quantitative estimate of drug-likeness (QED) is 0.238. The van der Waals surface area contributed by atoms with Crippen molar-refractivity contribution in [3.8, 4) is 0 Å². The number of hydrogen-bond donors (Lipinski definition) is 2. The minimum atomic E-state index is -0.747. The van der Waals surface area contributed by atoms with Crippen LogP contribution in [0.15, 0.2) is 0 Å². The van der Waals surface area contributed by atoms with Gasteiger partial charge < -0.3 is 19.9 Å². The standard InChI is InChI=1S/C20H35NO7.2C2H6/c1-20(2,3)28-19(26)21-15-16(22)12-13-18(25)27-14-10-8-6-4-5-7-9-11-17(23)24;2*1-2/h4-15H2,1-3H3,(H,21,26)(H,23,24);2*1-2H3. The molecule has 0 saturated heterocycles. The molecule has 0 heterocycles. The van der Waals surface area contributed by atoms with Gasteiger partial charge in [-0.1, -0.05) is 59.8 Å². The van der Waals surface area contributed by atoms with E-state index < -0.39 is 23.6 Å². The Morgan fingerprint density at radius 2 is 1.25 bits per heavy atom. The van der Waals surface area contributed by atoms with E-state index in [0.29, 0.717) is 6.61 Å². The van der Waals surface area contributed by atoms with Crippen LogP contribution in [0.25, 0.3) is 0 Å². The monoisotopic (exact) mass is 461 g/mol. The van der Waals surface area contributed by atoms with Gasteiger partial charge in [0.1, 0.15) is 5.60 Å². The van der Waals surface area contributed by atoms with Gasteiger partial charge in [0.25, 0.3) is 0 Å². The second-order valence-electron chi connectivity index (χ2n) is 7.73. The summed E-state index contributed by atoms with van der Waals surface area (Å²) in [5.41, 5.74) is -0.628. The lowest BCUT2D eigenvalue weighted by atomic mass is 10.1. The maximum atomic E-state index is 11.7. The molecule has 0 aromatic carbocycles. The van der Waals surface area contributed by atoms with Gasteiger partial charge in [-0.3, -0.25) is 14.4 Å². The maximum Gasteiger partial charge on any atom is 0.408 e. The number of rotatable bonds is 15. The number of esters is 1. The number of aliphatic carboxylic acids is 1. The highest BCUT2D eigenvalue weighted by Gasteiger charge is 2.17. The van der Waals surface area contributed by atoms with E-state index in [1.54, 1.807) is 20.8 Å². The number of hydrogen-bond acceptors (Lipinski definition) is 6. The van der Waals surface area contributed by atoms with Crippen molar-refractivity contribution in [1.82, 2.24) is 5.32 Å². The molecule has 0 aliphatic carbocycles. The van der Waals surface area contributed by atoms with E-state index in [0.717, 1.165) is 44.9 Å². The van der Waals surface area contributed by atoms with Crippen LogP contribution in [0.2, 0.25) is 0 Å². The molecule has 0 radical (unpaired) electrons. The van der Waals surface area contributed by atoms with E-state index >= 15 is 0 Å². The first-order valence-corrected chi connectivity index (χ1v) is 12.0. The number of unbranched alkanes of at least 4 members (excludes halogenated alkanes) is 6. The van der Waals surface area contributed by atoms with Crippen molar-refractivity contribution in [3.05, 3.63) is 0 Å².